The van der Waals surface area contributed by atoms with Gasteiger partial charge in [-0.15, -0.1) is 0 Å². The maximum atomic E-state index is 2.30. The topological polar surface area (TPSA) is 4.93 Å². The van der Waals surface area contributed by atoms with Crippen molar-refractivity contribution in [3.8, 4) is 0 Å². The Hall–Kier alpha value is -0.290. The molecule has 0 aliphatic carbocycles. The largest absolute Gasteiger partial charge is 0.333 e. The van der Waals surface area contributed by atoms with E-state index in [1.54, 1.807) is 0 Å². The lowest BCUT2D eigenvalue weighted by molar-refractivity contribution is 1.13. The van der Waals surface area contributed by atoms with E-state index in [1.165, 1.54) is 5.56 Å². The highest BCUT2D eigenvalue weighted by atomic mass is 31.1. The Balaban J connectivity index is 2.78. The smallest absolute Gasteiger partial charge is 0.0105 e. The molecule has 0 atom stereocenters. The van der Waals surface area contributed by atoms with E-state index in [-0.39, 0.29) is 8.07 Å². The lowest BCUT2D eigenvalue weighted by Crippen LogP contribution is -1.82. The molecule has 1 aromatic rings. The summed E-state index contributed by atoms with van der Waals surface area (Å²) in [6, 6.07) is 2.20. The third-order valence-electron chi connectivity index (χ3n) is 1.61. The first-order valence-electron chi connectivity index (χ1n) is 3.58. The van der Waals surface area contributed by atoms with Crippen LogP contribution in [0.5, 0.6) is 0 Å². The standard InChI is InChI=1S/C8H14NP/c1-4-8-5-6-9(7-8)10(2)3/h5-7H,4H2,1-3H3. The van der Waals surface area contributed by atoms with Gasteiger partial charge in [-0.05, 0) is 39.5 Å². The molecule has 0 saturated heterocycles. The van der Waals surface area contributed by atoms with Gasteiger partial charge >= 0.3 is 0 Å². The fourth-order valence-corrected chi connectivity index (χ4v) is 1.60. The summed E-state index contributed by atoms with van der Waals surface area (Å²) in [7, 11) is 0.0362. The second kappa shape index (κ2) is 3.21. The van der Waals surface area contributed by atoms with Crippen molar-refractivity contribution >= 4 is 8.07 Å². The van der Waals surface area contributed by atoms with Crippen molar-refractivity contribution in [2.75, 3.05) is 13.3 Å². The normalized spacial score (nSPS) is 10.8. The van der Waals surface area contributed by atoms with Crippen LogP contribution < -0.4 is 0 Å². The van der Waals surface area contributed by atoms with Gasteiger partial charge in [0.2, 0.25) is 0 Å². The van der Waals surface area contributed by atoms with Crippen LogP contribution in [-0.2, 0) is 6.42 Å². The highest BCUT2D eigenvalue weighted by Crippen LogP contribution is 2.27. The fraction of sp³-hybridized carbons (Fsp3) is 0.500. The van der Waals surface area contributed by atoms with Gasteiger partial charge in [0.25, 0.3) is 0 Å². The Morgan fingerprint density at radius 3 is 2.50 bits per heavy atom. The Bertz CT molecular complexity index is 203. The minimum atomic E-state index is 0.0362. The van der Waals surface area contributed by atoms with Crippen molar-refractivity contribution < 1.29 is 0 Å². The van der Waals surface area contributed by atoms with Crippen molar-refractivity contribution in [3.63, 3.8) is 0 Å². The molecular formula is C8H14NP. The Morgan fingerprint density at radius 2 is 2.20 bits per heavy atom. The quantitative estimate of drug-likeness (QED) is 0.578. The van der Waals surface area contributed by atoms with Crippen LogP contribution >= 0.6 is 8.07 Å². The van der Waals surface area contributed by atoms with Gasteiger partial charge in [-0.25, -0.2) is 0 Å². The predicted octanol–water partition coefficient (Wildman–Crippen LogP) is 2.56. The maximum Gasteiger partial charge on any atom is 0.0105 e. The summed E-state index contributed by atoms with van der Waals surface area (Å²) in [5.74, 6) is 0. The zero-order chi connectivity index (χ0) is 7.56. The number of nitrogens with zero attached hydrogens (tertiary/aromatic N) is 1. The number of aryl methyl sites for hydroxylation is 1. The van der Waals surface area contributed by atoms with E-state index < -0.39 is 0 Å². The van der Waals surface area contributed by atoms with Crippen molar-refractivity contribution in [3.05, 3.63) is 24.0 Å². The van der Waals surface area contributed by atoms with Crippen LogP contribution in [0, 0.1) is 0 Å². The highest BCUT2D eigenvalue weighted by molar-refractivity contribution is 7.54. The molecule has 0 spiro atoms. The van der Waals surface area contributed by atoms with Crippen molar-refractivity contribution in [1.82, 2.24) is 4.34 Å². The van der Waals surface area contributed by atoms with Crippen LogP contribution in [0.1, 0.15) is 12.5 Å². The molecule has 2 heteroatoms. The van der Waals surface area contributed by atoms with E-state index in [1.807, 2.05) is 0 Å². The maximum absolute atomic E-state index is 2.30. The van der Waals surface area contributed by atoms with Crippen LogP contribution in [0.3, 0.4) is 0 Å². The molecule has 0 aliphatic rings. The molecule has 0 aliphatic heterocycles. The van der Waals surface area contributed by atoms with Gasteiger partial charge in [0.15, 0.2) is 0 Å². The molecule has 1 nitrogen and oxygen atoms in total. The van der Waals surface area contributed by atoms with E-state index in [9.17, 15) is 0 Å². The lowest BCUT2D eigenvalue weighted by atomic mass is 10.3. The average Bonchev–Trinajstić information content (AvgIpc) is 2.34. The molecule has 1 rings (SSSR count). The van der Waals surface area contributed by atoms with Gasteiger partial charge in [0.1, 0.15) is 0 Å². The summed E-state index contributed by atoms with van der Waals surface area (Å²) in [6.07, 6.45) is 5.56. The SMILES string of the molecule is CCc1ccn(P(C)C)c1. The summed E-state index contributed by atoms with van der Waals surface area (Å²) in [5.41, 5.74) is 1.44. The summed E-state index contributed by atoms with van der Waals surface area (Å²) >= 11 is 0. The molecule has 1 aromatic heterocycles. The molecule has 0 bridgehead atoms. The molecule has 0 radical (unpaired) electrons. The molecule has 1 heterocycles. The van der Waals surface area contributed by atoms with Crippen LogP contribution in [0.15, 0.2) is 18.5 Å². The lowest BCUT2D eigenvalue weighted by Gasteiger charge is -2.04. The van der Waals surface area contributed by atoms with Crippen molar-refractivity contribution in [1.29, 1.82) is 0 Å². The van der Waals surface area contributed by atoms with Gasteiger partial charge in [0.05, 0.1) is 0 Å². The zero-order valence-corrected chi connectivity index (χ0v) is 7.73. The van der Waals surface area contributed by atoms with Gasteiger partial charge in [-0.3, -0.25) is 0 Å². The summed E-state index contributed by atoms with van der Waals surface area (Å²) in [6.45, 7) is 6.71. The number of hydrogen-bond acceptors (Lipinski definition) is 0. The van der Waals surface area contributed by atoms with E-state index in [0.29, 0.717) is 0 Å². The van der Waals surface area contributed by atoms with E-state index in [2.05, 4.69) is 43.1 Å². The van der Waals surface area contributed by atoms with E-state index >= 15 is 0 Å². The first-order chi connectivity index (χ1) is 4.74. The Labute approximate surface area is 63.9 Å². The first kappa shape index (κ1) is 7.81. The van der Waals surface area contributed by atoms with E-state index in [0.717, 1.165) is 6.42 Å². The van der Waals surface area contributed by atoms with Crippen LogP contribution in [0.2, 0.25) is 0 Å². The second-order valence-electron chi connectivity index (χ2n) is 2.60. The average molecular weight is 155 g/mol. The third kappa shape index (κ3) is 1.60. The Kier molecular flexibility index (Phi) is 2.50. The number of rotatable bonds is 2. The second-order valence-corrected chi connectivity index (χ2v) is 4.76. The monoisotopic (exact) mass is 155 g/mol. The molecule has 56 valence electrons. The fourth-order valence-electron chi connectivity index (χ4n) is 0.886. The van der Waals surface area contributed by atoms with Gasteiger partial charge in [-0.2, -0.15) is 0 Å². The molecule has 0 N–H and O–H groups in total. The van der Waals surface area contributed by atoms with Crippen molar-refractivity contribution in [2.24, 2.45) is 0 Å². The molecule has 0 unspecified atom stereocenters. The molecule has 0 amide bonds. The zero-order valence-electron chi connectivity index (χ0n) is 6.83. The molecule has 0 aromatic carbocycles. The van der Waals surface area contributed by atoms with E-state index in [4.69, 9.17) is 0 Å². The van der Waals surface area contributed by atoms with Crippen LogP contribution in [0.4, 0.5) is 0 Å². The Morgan fingerprint density at radius 1 is 1.50 bits per heavy atom. The molecule has 0 saturated carbocycles. The minimum Gasteiger partial charge on any atom is -0.333 e. The summed E-state index contributed by atoms with van der Waals surface area (Å²) in [4.78, 5) is 0. The van der Waals surface area contributed by atoms with Crippen LogP contribution in [-0.4, -0.2) is 17.7 Å². The minimum absolute atomic E-state index is 0.0362. The van der Waals surface area contributed by atoms with Gasteiger partial charge in [0, 0.05) is 12.4 Å². The van der Waals surface area contributed by atoms with Gasteiger partial charge in [-0.1, -0.05) is 6.92 Å². The summed E-state index contributed by atoms with van der Waals surface area (Å²) in [5, 5.41) is 0. The molecular weight excluding hydrogens is 141 g/mol. The predicted molar refractivity (Wildman–Crippen MR) is 48.0 cm³/mol. The number of hydrogen-bond donors (Lipinski definition) is 0. The van der Waals surface area contributed by atoms with Crippen LogP contribution in [0.25, 0.3) is 0 Å². The molecule has 10 heavy (non-hydrogen) atoms. The third-order valence-corrected chi connectivity index (χ3v) is 2.78. The highest BCUT2D eigenvalue weighted by Gasteiger charge is 1.96. The van der Waals surface area contributed by atoms with Crippen molar-refractivity contribution in [2.45, 2.75) is 13.3 Å². The number of aromatic nitrogens is 1. The molecule has 0 fully saturated rings. The summed E-state index contributed by atoms with van der Waals surface area (Å²) < 4.78 is 2.30. The first-order valence-corrected chi connectivity index (χ1v) is 5.77. The van der Waals surface area contributed by atoms with Gasteiger partial charge < -0.3 is 4.34 Å².